The normalized spacial score (nSPS) is 20.2. The van der Waals surface area contributed by atoms with Crippen molar-refractivity contribution < 1.29 is 18.3 Å². The third-order valence-electron chi connectivity index (χ3n) is 6.51. The monoisotopic (exact) mass is 512 g/mol. The number of aliphatic hydroxyl groups is 1. The fourth-order valence-electron chi connectivity index (χ4n) is 4.83. The molecular formula is C24H19F3N6O2S. The van der Waals surface area contributed by atoms with Gasteiger partial charge in [0, 0.05) is 40.8 Å². The van der Waals surface area contributed by atoms with Gasteiger partial charge in [-0.2, -0.15) is 13.2 Å². The highest BCUT2D eigenvalue weighted by molar-refractivity contribution is 7.10. The molecular weight excluding hydrogens is 493 g/mol. The van der Waals surface area contributed by atoms with Crippen LogP contribution in [0, 0.1) is 0 Å². The van der Waals surface area contributed by atoms with Gasteiger partial charge >= 0.3 is 6.18 Å². The topological polar surface area (TPSA) is 111 Å². The second-order valence-corrected chi connectivity index (χ2v) is 10.1. The smallest absolute Gasteiger partial charge is 0.390 e. The summed E-state index contributed by atoms with van der Waals surface area (Å²) in [6, 6.07) is 6.87. The highest BCUT2D eigenvalue weighted by Crippen LogP contribution is 2.45. The van der Waals surface area contributed by atoms with Crippen LogP contribution in [0.3, 0.4) is 0 Å². The number of aromatic nitrogens is 5. The molecule has 0 spiro atoms. The molecule has 0 aliphatic heterocycles. The number of fused-ring (bicyclic) bond motifs is 2. The number of alkyl halides is 3. The average Bonchev–Trinajstić information content (AvgIpc) is 3.44. The first-order chi connectivity index (χ1) is 17.0. The Labute approximate surface area is 205 Å². The SMILES string of the molecule is CC1(O)CC(c2nc(-c3ccc4ccn(-c5csc(C(F)(F)F)n5)c(=O)c4c3)c3c(N)nccn23)C1. The second kappa shape index (κ2) is 7.61. The molecule has 3 N–H and O–H groups in total. The molecule has 1 aromatic carbocycles. The van der Waals surface area contributed by atoms with Crippen molar-refractivity contribution in [2.24, 2.45) is 0 Å². The molecule has 6 rings (SSSR count). The Balaban J connectivity index is 1.50. The van der Waals surface area contributed by atoms with Crippen LogP contribution in [0.2, 0.25) is 0 Å². The zero-order valence-electron chi connectivity index (χ0n) is 18.8. The predicted octanol–water partition coefficient (Wildman–Crippen LogP) is 4.39. The number of rotatable bonds is 3. The average molecular weight is 513 g/mol. The number of hydrogen-bond acceptors (Lipinski definition) is 7. The molecule has 36 heavy (non-hydrogen) atoms. The van der Waals surface area contributed by atoms with Gasteiger partial charge in [-0.05, 0) is 37.3 Å². The Bertz CT molecular complexity index is 1710. The van der Waals surface area contributed by atoms with E-state index in [9.17, 15) is 23.1 Å². The Morgan fingerprint density at radius 1 is 1.19 bits per heavy atom. The molecule has 5 aromatic rings. The van der Waals surface area contributed by atoms with Crippen molar-refractivity contribution in [3.8, 4) is 17.1 Å². The molecule has 0 bridgehead atoms. The van der Waals surface area contributed by atoms with Gasteiger partial charge in [-0.3, -0.25) is 13.8 Å². The van der Waals surface area contributed by atoms with E-state index < -0.39 is 22.3 Å². The molecule has 0 atom stereocenters. The summed E-state index contributed by atoms with van der Waals surface area (Å²) in [4.78, 5) is 25.9. The molecule has 12 heteroatoms. The predicted molar refractivity (Wildman–Crippen MR) is 129 cm³/mol. The highest BCUT2D eigenvalue weighted by Gasteiger charge is 2.42. The third kappa shape index (κ3) is 3.56. The Kier molecular flexibility index (Phi) is 4.80. The van der Waals surface area contributed by atoms with E-state index in [1.54, 1.807) is 37.5 Å². The maximum atomic E-state index is 13.3. The molecule has 4 aromatic heterocycles. The minimum atomic E-state index is -4.59. The number of hydrogen-bond donors (Lipinski definition) is 2. The molecule has 0 unspecified atom stereocenters. The van der Waals surface area contributed by atoms with Crippen molar-refractivity contribution in [3.63, 3.8) is 0 Å². The van der Waals surface area contributed by atoms with Crippen LogP contribution in [-0.2, 0) is 6.18 Å². The van der Waals surface area contributed by atoms with Crippen LogP contribution >= 0.6 is 11.3 Å². The van der Waals surface area contributed by atoms with Gasteiger partial charge < -0.3 is 10.8 Å². The molecule has 1 aliphatic carbocycles. The van der Waals surface area contributed by atoms with Crippen molar-refractivity contribution in [1.82, 2.24) is 23.9 Å². The summed E-state index contributed by atoms with van der Waals surface area (Å²) in [6.45, 7) is 1.78. The molecule has 1 saturated carbocycles. The lowest BCUT2D eigenvalue weighted by Crippen LogP contribution is -2.40. The van der Waals surface area contributed by atoms with Crippen molar-refractivity contribution in [3.05, 3.63) is 69.4 Å². The summed E-state index contributed by atoms with van der Waals surface area (Å²) < 4.78 is 42.0. The standard InChI is InChI=1S/C24H19F3N6O2S/c1-23(35)9-14(10-23)20-31-17(18-19(28)29-5-7-33(18)20)13-3-2-12-4-6-32(21(34)15(12)8-13)16-11-36-22(30-16)24(25,26)27/h2-8,11,14,35H,9-10H2,1H3,(H2,28,29). The van der Waals surface area contributed by atoms with Crippen molar-refractivity contribution in [1.29, 1.82) is 0 Å². The zero-order chi connectivity index (χ0) is 25.4. The number of halogens is 3. The van der Waals surface area contributed by atoms with Crippen LogP contribution in [0.25, 0.3) is 33.4 Å². The first-order valence-corrected chi connectivity index (χ1v) is 11.9. The Morgan fingerprint density at radius 3 is 2.67 bits per heavy atom. The zero-order valence-corrected chi connectivity index (χ0v) is 19.6. The fraction of sp³-hybridized carbons (Fsp3) is 0.250. The quantitative estimate of drug-likeness (QED) is 0.371. The number of nitrogen functional groups attached to an aromatic ring is 1. The van der Waals surface area contributed by atoms with E-state index in [2.05, 4.69) is 9.97 Å². The van der Waals surface area contributed by atoms with E-state index in [0.717, 1.165) is 10.4 Å². The van der Waals surface area contributed by atoms with Crippen LogP contribution < -0.4 is 11.3 Å². The fourth-order valence-corrected chi connectivity index (χ4v) is 5.50. The summed E-state index contributed by atoms with van der Waals surface area (Å²) in [5.74, 6) is 0.955. The summed E-state index contributed by atoms with van der Waals surface area (Å²) >= 11 is 0.434. The van der Waals surface area contributed by atoms with Gasteiger partial charge in [-0.1, -0.05) is 12.1 Å². The molecule has 1 fully saturated rings. The van der Waals surface area contributed by atoms with Gasteiger partial charge in [0.15, 0.2) is 10.8 Å². The minimum Gasteiger partial charge on any atom is -0.390 e. The number of pyridine rings is 1. The molecule has 8 nitrogen and oxygen atoms in total. The van der Waals surface area contributed by atoms with Crippen LogP contribution in [0.1, 0.15) is 36.5 Å². The number of anilines is 1. The van der Waals surface area contributed by atoms with Crippen LogP contribution in [0.15, 0.2) is 53.0 Å². The molecule has 0 radical (unpaired) electrons. The molecule has 0 saturated heterocycles. The van der Waals surface area contributed by atoms with E-state index in [0.29, 0.717) is 51.7 Å². The number of nitrogens with zero attached hydrogens (tertiary/aromatic N) is 5. The largest absolute Gasteiger partial charge is 0.443 e. The Hall–Kier alpha value is -3.77. The molecule has 1 aliphatic rings. The van der Waals surface area contributed by atoms with E-state index >= 15 is 0 Å². The van der Waals surface area contributed by atoms with Crippen LogP contribution in [0.4, 0.5) is 19.0 Å². The lowest BCUT2D eigenvalue weighted by molar-refractivity contribution is -0.137. The van der Waals surface area contributed by atoms with Crippen molar-refractivity contribution >= 4 is 33.4 Å². The Morgan fingerprint density at radius 2 is 1.97 bits per heavy atom. The first-order valence-electron chi connectivity index (χ1n) is 11.1. The number of thiazole rings is 1. The van der Waals surface area contributed by atoms with Gasteiger partial charge in [0.25, 0.3) is 5.56 Å². The van der Waals surface area contributed by atoms with Gasteiger partial charge in [0.05, 0.1) is 5.60 Å². The molecule has 0 amide bonds. The summed E-state index contributed by atoms with van der Waals surface area (Å²) in [5.41, 5.74) is 6.70. The summed E-state index contributed by atoms with van der Waals surface area (Å²) in [5, 5.41) is 11.3. The van der Waals surface area contributed by atoms with Gasteiger partial charge in [0.2, 0.25) is 0 Å². The maximum absolute atomic E-state index is 13.3. The maximum Gasteiger partial charge on any atom is 0.443 e. The third-order valence-corrected chi connectivity index (χ3v) is 7.38. The van der Waals surface area contributed by atoms with E-state index in [-0.39, 0.29) is 17.6 Å². The number of benzene rings is 1. The van der Waals surface area contributed by atoms with Crippen molar-refractivity contribution in [2.75, 3.05) is 5.73 Å². The molecule has 184 valence electrons. The second-order valence-electron chi connectivity index (χ2n) is 9.25. The number of nitrogens with two attached hydrogens (primary N) is 1. The van der Waals surface area contributed by atoms with Gasteiger partial charge in [-0.25, -0.2) is 15.0 Å². The van der Waals surface area contributed by atoms with E-state index in [4.69, 9.17) is 10.7 Å². The summed E-state index contributed by atoms with van der Waals surface area (Å²) in [6.07, 6.45) is 1.29. The highest BCUT2D eigenvalue weighted by atomic mass is 32.1. The van der Waals surface area contributed by atoms with Gasteiger partial charge in [-0.15, -0.1) is 11.3 Å². The first kappa shape index (κ1) is 22.7. The van der Waals surface area contributed by atoms with Gasteiger partial charge in [0.1, 0.15) is 22.9 Å². The van der Waals surface area contributed by atoms with Crippen LogP contribution in [0.5, 0.6) is 0 Å². The minimum absolute atomic E-state index is 0.0354. The lowest BCUT2D eigenvalue weighted by Gasteiger charge is -2.40. The van der Waals surface area contributed by atoms with Crippen molar-refractivity contribution in [2.45, 2.75) is 37.5 Å². The molecule has 4 heterocycles. The number of imidazole rings is 1. The van der Waals surface area contributed by atoms with E-state index in [1.807, 2.05) is 10.5 Å². The van der Waals surface area contributed by atoms with E-state index in [1.165, 1.54) is 11.6 Å². The lowest BCUT2D eigenvalue weighted by atomic mass is 9.72. The van der Waals surface area contributed by atoms with Crippen LogP contribution in [-0.4, -0.2) is 34.6 Å². The summed E-state index contributed by atoms with van der Waals surface area (Å²) in [7, 11) is 0.